The molecule has 0 unspecified atom stereocenters. The van der Waals surface area contributed by atoms with Gasteiger partial charge >= 0.3 is 0 Å². The van der Waals surface area contributed by atoms with Crippen molar-refractivity contribution in [3.8, 4) is 22.9 Å². The van der Waals surface area contributed by atoms with Gasteiger partial charge in [-0.3, -0.25) is 10.1 Å². The van der Waals surface area contributed by atoms with Crippen LogP contribution in [0, 0.1) is 24.0 Å². The summed E-state index contributed by atoms with van der Waals surface area (Å²) in [7, 11) is 0. The van der Waals surface area contributed by atoms with E-state index in [1.54, 1.807) is 12.1 Å². The topological polar surface area (TPSA) is 85.0 Å². The highest BCUT2D eigenvalue weighted by Crippen LogP contribution is 2.32. The number of imidazole rings is 1. The number of nitrogens with zero attached hydrogens (tertiary/aromatic N) is 2. The summed E-state index contributed by atoms with van der Waals surface area (Å²) in [6, 6.07) is 14.4. The van der Waals surface area contributed by atoms with E-state index in [9.17, 15) is 10.1 Å². The van der Waals surface area contributed by atoms with Crippen molar-refractivity contribution in [2.24, 2.45) is 0 Å². The standard InChI is InChI=1S/C19H15N3O3/c1-11-3-6-15-16(9-11)21-19(20-15)18-8-7-17(25-18)14-10-13(22(23)24)5-4-12(14)2/h3-10H,1-2H3,(H,20,21). The summed E-state index contributed by atoms with van der Waals surface area (Å²) in [6.07, 6.45) is 0. The summed E-state index contributed by atoms with van der Waals surface area (Å²) in [5.41, 5.74) is 4.61. The SMILES string of the molecule is Cc1ccc2nc(-c3ccc(-c4cc([N+](=O)[O-])ccc4C)o3)[nH]c2c1. The third-order valence-electron chi connectivity index (χ3n) is 4.17. The summed E-state index contributed by atoms with van der Waals surface area (Å²) >= 11 is 0. The molecule has 4 aromatic rings. The number of nitro groups is 1. The smallest absolute Gasteiger partial charge is 0.270 e. The summed E-state index contributed by atoms with van der Waals surface area (Å²) < 4.78 is 5.91. The van der Waals surface area contributed by atoms with Crippen molar-refractivity contribution >= 4 is 16.7 Å². The Hall–Kier alpha value is -3.41. The lowest BCUT2D eigenvalue weighted by Gasteiger charge is -2.02. The highest BCUT2D eigenvalue weighted by molar-refractivity contribution is 5.79. The summed E-state index contributed by atoms with van der Waals surface area (Å²) in [5.74, 6) is 1.80. The van der Waals surface area contributed by atoms with Gasteiger partial charge in [-0.15, -0.1) is 0 Å². The Balaban J connectivity index is 1.77. The van der Waals surface area contributed by atoms with Crippen molar-refractivity contribution in [1.82, 2.24) is 9.97 Å². The number of H-pyrrole nitrogens is 1. The third kappa shape index (κ3) is 2.67. The fraction of sp³-hybridized carbons (Fsp3) is 0.105. The molecule has 6 nitrogen and oxygen atoms in total. The fourth-order valence-electron chi connectivity index (χ4n) is 2.84. The summed E-state index contributed by atoms with van der Waals surface area (Å²) in [6.45, 7) is 3.92. The number of nitro benzene ring substituents is 1. The van der Waals surface area contributed by atoms with E-state index in [4.69, 9.17) is 4.42 Å². The van der Waals surface area contributed by atoms with Crippen LogP contribution in [0.5, 0.6) is 0 Å². The Labute approximate surface area is 143 Å². The van der Waals surface area contributed by atoms with Gasteiger partial charge in [-0.1, -0.05) is 12.1 Å². The van der Waals surface area contributed by atoms with Crippen molar-refractivity contribution in [2.75, 3.05) is 0 Å². The van der Waals surface area contributed by atoms with Crippen molar-refractivity contribution in [2.45, 2.75) is 13.8 Å². The van der Waals surface area contributed by atoms with Crippen LogP contribution in [0.2, 0.25) is 0 Å². The zero-order valence-electron chi connectivity index (χ0n) is 13.7. The number of fused-ring (bicyclic) bond motifs is 1. The van der Waals surface area contributed by atoms with Crippen LogP contribution >= 0.6 is 0 Å². The molecule has 2 heterocycles. The second-order valence-corrected chi connectivity index (χ2v) is 6.03. The van der Waals surface area contributed by atoms with Crippen LogP contribution in [0.15, 0.2) is 52.9 Å². The lowest BCUT2D eigenvalue weighted by molar-refractivity contribution is -0.384. The maximum absolute atomic E-state index is 11.0. The lowest BCUT2D eigenvalue weighted by atomic mass is 10.1. The number of hydrogen-bond acceptors (Lipinski definition) is 4. The third-order valence-corrected chi connectivity index (χ3v) is 4.17. The second-order valence-electron chi connectivity index (χ2n) is 6.03. The molecular weight excluding hydrogens is 318 g/mol. The highest BCUT2D eigenvalue weighted by atomic mass is 16.6. The molecule has 0 fully saturated rings. The Kier molecular flexibility index (Phi) is 3.39. The van der Waals surface area contributed by atoms with Gasteiger partial charge in [-0.25, -0.2) is 4.98 Å². The summed E-state index contributed by atoms with van der Waals surface area (Å²) in [4.78, 5) is 18.4. The molecule has 0 spiro atoms. The van der Waals surface area contributed by atoms with Gasteiger partial charge in [0, 0.05) is 17.7 Å². The molecule has 0 saturated heterocycles. The van der Waals surface area contributed by atoms with Gasteiger partial charge in [-0.2, -0.15) is 0 Å². The molecule has 0 radical (unpaired) electrons. The number of non-ortho nitro benzene ring substituents is 1. The molecule has 0 aliphatic carbocycles. The van der Waals surface area contributed by atoms with Gasteiger partial charge in [-0.05, 0) is 49.2 Å². The predicted molar refractivity (Wildman–Crippen MR) is 95.4 cm³/mol. The van der Waals surface area contributed by atoms with Crippen molar-refractivity contribution in [1.29, 1.82) is 0 Å². The van der Waals surface area contributed by atoms with E-state index in [1.165, 1.54) is 12.1 Å². The van der Waals surface area contributed by atoms with E-state index in [1.807, 2.05) is 38.1 Å². The minimum atomic E-state index is -0.408. The quantitative estimate of drug-likeness (QED) is 0.421. The van der Waals surface area contributed by atoms with Crippen molar-refractivity contribution in [3.05, 3.63) is 69.8 Å². The molecule has 0 bridgehead atoms. The largest absolute Gasteiger partial charge is 0.453 e. The normalized spacial score (nSPS) is 11.1. The molecule has 0 aliphatic rings. The van der Waals surface area contributed by atoms with Crippen LogP contribution in [0.1, 0.15) is 11.1 Å². The number of nitrogens with one attached hydrogen (secondary N) is 1. The molecular formula is C19H15N3O3. The number of aromatic nitrogens is 2. The predicted octanol–water partition coefficient (Wildman–Crippen LogP) is 5.01. The molecule has 0 amide bonds. The number of furan rings is 1. The van der Waals surface area contributed by atoms with E-state index in [-0.39, 0.29) is 5.69 Å². The number of hydrogen-bond donors (Lipinski definition) is 1. The van der Waals surface area contributed by atoms with Gasteiger partial charge in [0.15, 0.2) is 11.6 Å². The molecule has 0 aliphatic heterocycles. The Morgan fingerprint density at radius 1 is 1.04 bits per heavy atom. The van der Waals surface area contributed by atoms with E-state index in [0.29, 0.717) is 22.9 Å². The maximum Gasteiger partial charge on any atom is 0.270 e. The van der Waals surface area contributed by atoms with E-state index >= 15 is 0 Å². The van der Waals surface area contributed by atoms with E-state index in [0.717, 1.165) is 22.2 Å². The van der Waals surface area contributed by atoms with E-state index < -0.39 is 4.92 Å². The number of aromatic amines is 1. The highest BCUT2D eigenvalue weighted by Gasteiger charge is 2.15. The summed E-state index contributed by atoms with van der Waals surface area (Å²) in [5, 5.41) is 11.0. The van der Waals surface area contributed by atoms with Crippen LogP contribution in [-0.4, -0.2) is 14.9 Å². The Morgan fingerprint density at radius 3 is 2.64 bits per heavy atom. The van der Waals surface area contributed by atoms with Crippen molar-refractivity contribution in [3.63, 3.8) is 0 Å². The van der Waals surface area contributed by atoms with Gasteiger partial charge in [0.2, 0.25) is 0 Å². The zero-order valence-corrected chi connectivity index (χ0v) is 13.7. The Morgan fingerprint density at radius 2 is 1.84 bits per heavy atom. The average molecular weight is 333 g/mol. The second kappa shape index (κ2) is 5.59. The molecule has 124 valence electrons. The first-order valence-electron chi connectivity index (χ1n) is 7.83. The van der Waals surface area contributed by atoms with Gasteiger partial charge < -0.3 is 9.40 Å². The minimum absolute atomic E-state index is 0.0396. The number of benzene rings is 2. The first kappa shape index (κ1) is 15.1. The average Bonchev–Trinajstić information content (AvgIpc) is 3.21. The molecule has 25 heavy (non-hydrogen) atoms. The first-order valence-corrected chi connectivity index (χ1v) is 7.83. The Bertz CT molecular complexity index is 1110. The molecule has 2 aromatic heterocycles. The fourth-order valence-corrected chi connectivity index (χ4v) is 2.84. The zero-order chi connectivity index (χ0) is 17.6. The van der Waals surface area contributed by atoms with Crippen LogP contribution < -0.4 is 0 Å². The lowest BCUT2D eigenvalue weighted by Crippen LogP contribution is -1.89. The van der Waals surface area contributed by atoms with Gasteiger partial charge in [0.1, 0.15) is 5.76 Å². The van der Waals surface area contributed by atoms with Crippen LogP contribution in [0.3, 0.4) is 0 Å². The minimum Gasteiger partial charge on any atom is -0.453 e. The maximum atomic E-state index is 11.0. The molecule has 2 aromatic carbocycles. The molecule has 1 N–H and O–H groups in total. The monoisotopic (exact) mass is 333 g/mol. The number of aryl methyl sites for hydroxylation is 2. The van der Waals surface area contributed by atoms with Crippen LogP contribution in [0.4, 0.5) is 5.69 Å². The first-order chi connectivity index (χ1) is 12.0. The number of rotatable bonds is 3. The van der Waals surface area contributed by atoms with Crippen LogP contribution in [-0.2, 0) is 0 Å². The van der Waals surface area contributed by atoms with Crippen LogP contribution in [0.25, 0.3) is 33.9 Å². The van der Waals surface area contributed by atoms with Crippen molar-refractivity contribution < 1.29 is 9.34 Å². The molecule has 0 saturated carbocycles. The molecule has 0 atom stereocenters. The molecule has 6 heteroatoms. The molecule has 4 rings (SSSR count). The van der Waals surface area contributed by atoms with Gasteiger partial charge in [0.05, 0.1) is 16.0 Å². The van der Waals surface area contributed by atoms with Gasteiger partial charge in [0.25, 0.3) is 5.69 Å². The van der Waals surface area contributed by atoms with E-state index in [2.05, 4.69) is 9.97 Å².